The lowest BCUT2D eigenvalue weighted by Gasteiger charge is -2.35. The summed E-state index contributed by atoms with van der Waals surface area (Å²) in [6.45, 7) is 1.04. The first kappa shape index (κ1) is 8.30. The third-order valence-corrected chi connectivity index (χ3v) is 3.50. The van der Waals surface area contributed by atoms with Crippen LogP contribution in [0.15, 0.2) is 24.3 Å². The Labute approximate surface area is 84.7 Å². The topological polar surface area (TPSA) is 29.3 Å². The molecule has 1 aromatic rings. The van der Waals surface area contributed by atoms with Crippen LogP contribution < -0.4 is 10.6 Å². The second kappa shape index (κ2) is 2.99. The first-order chi connectivity index (χ1) is 6.84. The number of benzene rings is 1. The molecule has 1 saturated heterocycles. The van der Waals surface area contributed by atoms with Crippen molar-refractivity contribution in [3.63, 3.8) is 0 Å². The number of para-hydroxylation sites is 1. The van der Waals surface area contributed by atoms with Gasteiger partial charge in [-0.15, -0.1) is 0 Å². The van der Waals surface area contributed by atoms with E-state index >= 15 is 0 Å². The minimum absolute atomic E-state index is 0.373. The SMILES string of the molecule is NC1CCC2Cc3ccccc3N2C1. The predicted molar refractivity (Wildman–Crippen MR) is 58.5 cm³/mol. The van der Waals surface area contributed by atoms with Crippen LogP contribution in [-0.4, -0.2) is 18.6 Å². The van der Waals surface area contributed by atoms with Crippen molar-refractivity contribution in [2.45, 2.75) is 31.3 Å². The van der Waals surface area contributed by atoms with Crippen molar-refractivity contribution in [2.75, 3.05) is 11.4 Å². The average molecular weight is 188 g/mol. The number of nitrogens with two attached hydrogens (primary N) is 1. The lowest BCUT2D eigenvalue weighted by molar-refractivity contribution is 0.433. The van der Waals surface area contributed by atoms with Crippen LogP contribution >= 0.6 is 0 Å². The highest BCUT2D eigenvalue weighted by Gasteiger charge is 2.33. The molecule has 2 aliphatic rings. The molecule has 2 unspecified atom stereocenters. The van der Waals surface area contributed by atoms with Crippen molar-refractivity contribution in [2.24, 2.45) is 5.73 Å². The molecule has 2 atom stereocenters. The molecular weight excluding hydrogens is 172 g/mol. The van der Waals surface area contributed by atoms with Gasteiger partial charge in [0.2, 0.25) is 0 Å². The standard InChI is InChI=1S/C12H16N2/c13-10-5-6-11-7-9-3-1-2-4-12(9)14(11)8-10/h1-4,10-11H,5-8,13H2. The van der Waals surface area contributed by atoms with Gasteiger partial charge in [-0.3, -0.25) is 0 Å². The molecule has 0 spiro atoms. The summed E-state index contributed by atoms with van der Waals surface area (Å²) < 4.78 is 0. The van der Waals surface area contributed by atoms with Gasteiger partial charge < -0.3 is 10.6 Å². The van der Waals surface area contributed by atoms with Gasteiger partial charge in [0.05, 0.1) is 0 Å². The summed E-state index contributed by atoms with van der Waals surface area (Å²) in [5.41, 5.74) is 8.94. The van der Waals surface area contributed by atoms with Crippen LogP contribution in [0.2, 0.25) is 0 Å². The van der Waals surface area contributed by atoms with E-state index in [1.54, 1.807) is 0 Å². The molecule has 3 rings (SSSR count). The molecule has 0 amide bonds. The van der Waals surface area contributed by atoms with E-state index in [1.165, 1.54) is 30.5 Å². The van der Waals surface area contributed by atoms with E-state index in [9.17, 15) is 0 Å². The van der Waals surface area contributed by atoms with Gasteiger partial charge in [0, 0.05) is 24.3 Å². The molecule has 0 radical (unpaired) electrons. The van der Waals surface area contributed by atoms with E-state index in [4.69, 9.17) is 5.73 Å². The van der Waals surface area contributed by atoms with Crippen LogP contribution in [0.3, 0.4) is 0 Å². The molecule has 2 aliphatic heterocycles. The van der Waals surface area contributed by atoms with Gasteiger partial charge in [-0.05, 0) is 30.9 Å². The lowest BCUT2D eigenvalue weighted by Crippen LogP contribution is -2.47. The number of fused-ring (bicyclic) bond motifs is 3. The van der Waals surface area contributed by atoms with Crippen molar-refractivity contribution in [1.29, 1.82) is 0 Å². The maximum atomic E-state index is 6.01. The predicted octanol–water partition coefficient (Wildman–Crippen LogP) is 1.54. The zero-order valence-corrected chi connectivity index (χ0v) is 8.32. The molecule has 14 heavy (non-hydrogen) atoms. The maximum absolute atomic E-state index is 6.01. The molecule has 1 fully saturated rings. The Balaban J connectivity index is 1.97. The monoisotopic (exact) mass is 188 g/mol. The smallest absolute Gasteiger partial charge is 0.0402 e. The zero-order chi connectivity index (χ0) is 9.54. The maximum Gasteiger partial charge on any atom is 0.0402 e. The highest BCUT2D eigenvalue weighted by Crippen LogP contribution is 2.36. The fourth-order valence-corrected chi connectivity index (χ4v) is 2.78. The van der Waals surface area contributed by atoms with Gasteiger partial charge in [-0.25, -0.2) is 0 Å². The van der Waals surface area contributed by atoms with E-state index < -0.39 is 0 Å². The number of rotatable bonds is 0. The summed E-state index contributed by atoms with van der Waals surface area (Å²) >= 11 is 0. The summed E-state index contributed by atoms with van der Waals surface area (Å²) in [5.74, 6) is 0. The quantitative estimate of drug-likeness (QED) is 0.669. The lowest BCUT2D eigenvalue weighted by atomic mass is 9.99. The summed E-state index contributed by atoms with van der Waals surface area (Å²) in [6.07, 6.45) is 3.67. The molecule has 0 aromatic heterocycles. The van der Waals surface area contributed by atoms with Gasteiger partial charge >= 0.3 is 0 Å². The van der Waals surface area contributed by atoms with Crippen LogP contribution in [0.25, 0.3) is 0 Å². The van der Waals surface area contributed by atoms with E-state index in [1.807, 2.05) is 0 Å². The normalized spacial score (nSPS) is 29.9. The largest absolute Gasteiger partial charge is 0.366 e. The Morgan fingerprint density at radius 2 is 2.07 bits per heavy atom. The first-order valence-electron chi connectivity index (χ1n) is 5.45. The van der Waals surface area contributed by atoms with Crippen molar-refractivity contribution >= 4 is 5.69 Å². The highest BCUT2D eigenvalue weighted by atomic mass is 15.2. The molecule has 2 nitrogen and oxygen atoms in total. The van der Waals surface area contributed by atoms with Crippen LogP contribution in [-0.2, 0) is 6.42 Å². The number of hydrogen-bond acceptors (Lipinski definition) is 2. The summed E-state index contributed by atoms with van der Waals surface area (Å²) in [5, 5.41) is 0. The van der Waals surface area contributed by atoms with Crippen LogP contribution in [0, 0.1) is 0 Å². The fourth-order valence-electron chi connectivity index (χ4n) is 2.78. The van der Waals surface area contributed by atoms with Crippen molar-refractivity contribution in [3.8, 4) is 0 Å². The Kier molecular flexibility index (Phi) is 1.77. The Morgan fingerprint density at radius 3 is 3.00 bits per heavy atom. The molecule has 2 heteroatoms. The van der Waals surface area contributed by atoms with E-state index in [0.29, 0.717) is 6.04 Å². The van der Waals surface area contributed by atoms with E-state index in [2.05, 4.69) is 29.2 Å². The molecule has 2 N–H and O–H groups in total. The van der Waals surface area contributed by atoms with Gasteiger partial charge in [0.1, 0.15) is 0 Å². The number of nitrogens with zero attached hydrogens (tertiary/aromatic N) is 1. The molecule has 74 valence electrons. The Hall–Kier alpha value is -1.02. The van der Waals surface area contributed by atoms with Gasteiger partial charge in [0.25, 0.3) is 0 Å². The first-order valence-corrected chi connectivity index (χ1v) is 5.45. The van der Waals surface area contributed by atoms with E-state index in [0.717, 1.165) is 12.6 Å². The molecule has 1 aromatic carbocycles. The van der Waals surface area contributed by atoms with Gasteiger partial charge in [-0.1, -0.05) is 18.2 Å². The van der Waals surface area contributed by atoms with Crippen LogP contribution in [0.5, 0.6) is 0 Å². The van der Waals surface area contributed by atoms with Gasteiger partial charge in [-0.2, -0.15) is 0 Å². The molecule has 0 saturated carbocycles. The number of piperidine rings is 1. The van der Waals surface area contributed by atoms with Crippen molar-refractivity contribution in [1.82, 2.24) is 0 Å². The summed E-state index contributed by atoms with van der Waals surface area (Å²) in [4.78, 5) is 2.50. The Bertz CT molecular complexity index is 348. The van der Waals surface area contributed by atoms with Crippen LogP contribution in [0.4, 0.5) is 5.69 Å². The van der Waals surface area contributed by atoms with Crippen molar-refractivity contribution < 1.29 is 0 Å². The second-order valence-electron chi connectivity index (χ2n) is 4.48. The zero-order valence-electron chi connectivity index (χ0n) is 8.32. The third kappa shape index (κ3) is 1.14. The summed E-state index contributed by atoms with van der Waals surface area (Å²) in [7, 11) is 0. The highest BCUT2D eigenvalue weighted by molar-refractivity contribution is 5.59. The van der Waals surface area contributed by atoms with E-state index in [-0.39, 0.29) is 0 Å². The minimum Gasteiger partial charge on any atom is -0.366 e. The average Bonchev–Trinajstić information content (AvgIpc) is 2.56. The third-order valence-electron chi connectivity index (χ3n) is 3.50. The number of hydrogen-bond donors (Lipinski definition) is 1. The van der Waals surface area contributed by atoms with Gasteiger partial charge in [0.15, 0.2) is 0 Å². The van der Waals surface area contributed by atoms with Crippen molar-refractivity contribution in [3.05, 3.63) is 29.8 Å². The second-order valence-corrected chi connectivity index (χ2v) is 4.48. The number of anilines is 1. The summed E-state index contributed by atoms with van der Waals surface area (Å²) in [6, 6.07) is 9.84. The molecule has 0 aliphatic carbocycles. The molecule has 0 bridgehead atoms. The van der Waals surface area contributed by atoms with Crippen LogP contribution in [0.1, 0.15) is 18.4 Å². The molecule has 2 heterocycles. The molecular formula is C12H16N2. The minimum atomic E-state index is 0.373. The fraction of sp³-hybridized carbons (Fsp3) is 0.500. The Morgan fingerprint density at radius 1 is 1.21 bits per heavy atom.